The largest absolute Gasteiger partial charge is 0.308 e. The van der Waals surface area contributed by atoms with E-state index in [-0.39, 0.29) is 5.54 Å². The van der Waals surface area contributed by atoms with Crippen LogP contribution >= 0.6 is 11.3 Å². The minimum Gasteiger partial charge on any atom is -0.308 e. The third-order valence-corrected chi connectivity index (χ3v) is 5.97. The molecule has 2 heterocycles. The molecular formula is C15H25N3S. The highest BCUT2D eigenvalue weighted by Gasteiger charge is 2.50. The topological polar surface area (TPSA) is 28.2 Å². The molecule has 2 fully saturated rings. The molecule has 1 aromatic heterocycles. The summed E-state index contributed by atoms with van der Waals surface area (Å²) in [6, 6.07) is 0. The van der Waals surface area contributed by atoms with Crippen molar-refractivity contribution in [3.05, 3.63) is 16.6 Å². The van der Waals surface area contributed by atoms with E-state index in [1.165, 1.54) is 24.1 Å². The van der Waals surface area contributed by atoms with Crippen molar-refractivity contribution in [2.75, 3.05) is 13.1 Å². The number of thiazole rings is 1. The van der Waals surface area contributed by atoms with Crippen LogP contribution in [0.15, 0.2) is 11.7 Å². The van der Waals surface area contributed by atoms with Gasteiger partial charge in [-0.05, 0) is 39.0 Å². The van der Waals surface area contributed by atoms with Crippen molar-refractivity contribution in [3.8, 4) is 0 Å². The van der Waals surface area contributed by atoms with Crippen molar-refractivity contribution in [2.45, 2.75) is 57.7 Å². The maximum Gasteiger partial charge on any atom is 0.0794 e. The zero-order valence-electron chi connectivity index (χ0n) is 12.3. The molecule has 0 aromatic carbocycles. The highest BCUT2D eigenvalue weighted by molar-refractivity contribution is 7.09. The van der Waals surface area contributed by atoms with Gasteiger partial charge in [-0.3, -0.25) is 9.88 Å². The highest BCUT2D eigenvalue weighted by atomic mass is 32.1. The Morgan fingerprint density at radius 1 is 1.47 bits per heavy atom. The third kappa shape index (κ3) is 2.58. The Balaban J connectivity index is 1.80. The summed E-state index contributed by atoms with van der Waals surface area (Å²) in [5.41, 5.74) is 2.54. The second-order valence-electron chi connectivity index (χ2n) is 6.72. The van der Waals surface area contributed by atoms with Crippen LogP contribution in [0.4, 0.5) is 0 Å². The molecule has 1 aromatic rings. The minimum absolute atomic E-state index is 0.263. The normalized spacial score (nSPS) is 36.6. The molecule has 0 bridgehead atoms. The molecule has 3 rings (SSSR count). The number of nitrogens with one attached hydrogen (secondary N) is 1. The van der Waals surface area contributed by atoms with Gasteiger partial charge in [0.2, 0.25) is 0 Å². The van der Waals surface area contributed by atoms with Crippen molar-refractivity contribution in [3.63, 3.8) is 0 Å². The fraction of sp³-hybridized carbons (Fsp3) is 0.800. The van der Waals surface area contributed by atoms with Gasteiger partial charge in [-0.2, -0.15) is 0 Å². The monoisotopic (exact) mass is 279 g/mol. The first kappa shape index (κ1) is 13.5. The first-order valence-corrected chi connectivity index (χ1v) is 8.31. The van der Waals surface area contributed by atoms with E-state index in [0.717, 1.165) is 25.6 Å². The van der Waals surface area contributed by atoms with Crippen molar-refractivity contribution >= 4 is 11.3 Å². The summed E-state index contributed by atoms with van der Waals surface area (Å²) in [5, 5.41) is 3.81. The minimum atomic E-state index is 0.263. The van der Waals surface area contributed by atoms with Gasteiger partial charge >= 0.3 is 0 Å². The summed E-state index contributed by atoms with van der Waals surface area (Å²) < 4.78 is 0. The van der Waals surface area contributed by atoms with Crippen LogP contribution in [-0.4, -0.2) is 34.1 Å². The average Bonchev–Trinajstić information content (AvgIpc) is 3.14. The second kappa shape index (κ2) is 4.83. The number of hydrogen-bond acceptors (Lipinski definition) is 4. The van der Waals surface area contributed by atoms with Crippen molar-refractivity contribution in [2.24, 2.45) is 5.92 Å². The van der Waals surface area contributed by atoms with Gasteiger partial charge in [0, 0.05) is 41.8 Å². The van der Waals surface area contributed by atoms with Crippen molar-refractivity contribution < 1.29 is 0 Å². The van der Waals surface area contributed by atoms with Crippen molar-refractivity contribution in [1.82, 2.24) is 15.2 Å². The SMILES string of the molecule is CCC1(C)CN(Cc2cncs2)C(C)(C2CC2)CN1. The summed E-state index contributed by atoms with van der Waals surface area (Å²) >= 11 is 1.78. The van der Waals surface area contributed by atoms with Crippen LogP contribution < -0.4 is 5.32 Å². The number of hydrogen-bond donors (Lipinski definition) is 1. The summed E-state index contributed by atoms with van der Waals surface area (Å²) in [6.45, 7) is 10.4. The molecule has 19 heavy (non-hydrogen) atoms. The lowest BCUT2D eigenvalue weighted by Gasteiger charge is -2.52. The van der Waals surface area contributed by atoms with E-state index in [1.807, 2.05) is 11.7 Å². The molecule has 2 aliphatic rings. The Bertz CT molecular complexity index is 429. The van der Waals surface area contributed by atoms with Crippen LogP contribution in [0.3, 0.4) is 0 Å². The number of piperazine rings is 1. The van der Waals surface area contributed by atoms with Gasteiger partial charge in [-0.25, -0.2) is 0 Å². The van der Waals surface area contributed by atoms with Gasteiger partial charge in [0.25, 0.3) is 0 Å². The van der Waals surface area contributed by atoms with E-state index < -0.39 is 0 Å². The molecule has 1 aliphatic heterocycles. The van der Waals surface area contributed by atoms with Gasteiger partial charge in [-0.1, -0.05) is 6.92 Å². The maximum absolute atomic E-state index is 4.23. The number of rotatable bonds is 4. The lowest BCUT2D eigenvalue weighted by molar-refractivity contribution is -0.000659. The molecular weight excluding hydrogens is 254 g/mol. The van der Waals surface area contributed by atoms with Crippen molar-refractivity contribution in [1.29, 1.82) is 0 Å². The molecule has 3 nitrogen and oxygen atoms in total. The first-order valence-electron chi connectivity index (χ1n) is 7.43. The van der Waals surface area contributed by atoms with E-state index in [0.29, 0.717) is 5.54 Å². The van der Waals surface area contributed by atoms with Gasteiger partial charge < -0.3 is 5.32 Å². The molecule has 1 saturated carbocycles. The Hall–Kier alpha value is -0.450. The van der Waals surface area contributed by atoms with Gasteiger partial charge in [0.05, 0.1) is 5.51 Å². The number of aromatic nitrogens is 1. The first-order chi connectivity index (χ1) is 9.06. The van der Waals surface area contributed by atoms with Crippen LogP contribution in [0.1, 0.15) is 44.9 Å². The molecule has 2 atom stereocenters. The van der Waals surface area contributed by atoms with E-state index in [1.54, 1.807) is 11.3 Å². The molecule has 0 amide bonds. The van der Waals surface area contributed by atoms with Crippen LogP contribution in [0, 0.1) is 5.92 Å². The van der Waals surface area contributed by atoms with Gasteiger partial charge in [-0.15, -0.1) is 11.3 Å². The Kier molecular flexibility index (Phi) is 3.44. The Labute approximate surface area is 120 Å². The average molecular weight is 279 g/mol. The molecule has 2 unspecified atom stereocenters. The molecule has 0 spiro atoms. The predicted molar refractivity (Wildman–Crippen MR) is 80.4 cm³/mol. The lowest BCUT2D eigenvalue weighted by atomic mass is 9.84. The standard InChI is InChI=1S/C15H25N3S/c1-4-14(2)10-18(8-13-7-16-11-19-13)15(3,9-17-14)12-5-6-12/h7,11-12,17H,4-6,8-10H2,1-3H3. The maximum atomic E-state index is 4.23. The Morgan fingerprint density at radius 2 is 2.26 bits per heavy atom. The van der Waals surface area contributed by atoms with Crippen LogP contribution in [-0.2, 0) is 6.54 Å². The summed E-state index contributed by atoms with van der Waals surface area (Å²) in [4.78, 5) is 8.34. The van der Waals surface area contributed by atoms with Crippen LogP contribution in [0.25, 0.3) is 0 Å². The van der Waals surface area contributed by atoms with Gasteiger partial charge in [0.1, 0.15) is 0 Å². The van der Waals surface area contributed by atoms with Gasteiger partial charge in [0.15, 0.2) is 0 Å². The Morgan fingerprint density at radius 3 is 2.84 bits per heavy atom. The quantitative estimate of drug-likeness (QED) is 0.918. The summed E-state index contributed by atoms with van der Waals surface area (Å²) in [5.74, 6) is 0.884. The second-order valence-corrected chi connectivity index (χ2v) is 7.69. The molecule has 1 N–H and O–H groups in total. The smallest absolute Gasteiger partial charge is 0.0794 e. The van der Waals surface area contributed by atoms with E-state index in [4.69, 9.17) is 0 Å². The third-order valence-electron chi connectivity index (χ3n) is 5.20. The molecule has 1 aliphatic carbocycles. The zero-order valence-corrected chi connectivity index (χ0v) is 13.1. The summed E-state index contributed by atoms with van der Waals surface area (Å²) in [6.07, 6.45) is 6.02. The lowest BCUT2D eigenvalue weighted by Crippen LogP contribution is -2.68. The molecule has 1 saturated heterocycles. The van der Waals surface area contributed by atoms with E-state index in [2.05, 4.69) is 36.0 Å². The predicted octanol–water partition coefficient (Wildman–Crippen LogP) is 2.89. The number of nitrogens with zero attached hydrogens (tertiary/aromatic N) is 2. The fourth-order valence-electron chi connectivity index (χ4n) is 3.25. The molecule has 0 radical (unpaired) electrons. The van der Waals surface area contributed by atoms with E-state index >= 15 is 0 Å². The fourth-order valence-corrected chi connectivity index (χ4v) is 3.86. The van der Waals surface area contributed by atoms with Crippen LogP contribution in [0.2, 0.25) is 0 Å². The van der Waals surface area contributed by atoms with E-state index in [9.17, 15) is 0 Å². The summed E-state index contributed by atoms with van der Waals surface area (Å²) in [7, 11) is 0. The molecule has 4 heteroatoms. The zero-order chi connectivity index (χ0) is 13.5. The highest BCUT2D eigenvalue weighted by Crippen LogP contribution is 2.45. The van der Waals surface area contributed by atoms with Crippen LogP contribution in [0.5, 0.6) is 0 Å². The molecule has 106 valence electrons.